The summed E-state index contributed by atoms with van der Waals surface area (Å²) in [5, 5.41) is 8.23. The summed E-state index contributed by atoms with van der Waals surface area (Å²) in [4.78, 5) is 46.7. The number of rotatable bonds is 10. The van der Waals surface area contributed by atoms with E-state index >= 15 is 0 Å². The minimum absolute atomic E-state index is 0.107. The normalized spacial score (nSPS) is 18.1. The van der Waals surface area contributed by atoms with Crippen LogP contribution in [0.4, 0.5) is 0 Å². The van der Waals surface area contributed by atoms with E-state index in [2.05, 4.69) is 15.5 Å². The zero-order valence-corrected chi connectivity index (χ0v) is 23.0. The Morgan fingerprint density at radius 2 is 1.86 bits per heavy atom. The summed E-state index contributed by atoms with van der Waals surface area (Å²) in [6, 6.07) is 13.6. The molecule has 198 valence electrons. The van der Waals surface area contributed by atoms with E-state index in [1.54, 1.807) is 0 Å². The van der Waals surface area contributed by atoms with Gasteiger partial charge in [0.15, 0.2) is 0 Å². The van der Waals surface area contributed by atoms with E-state index in [0.717, 1.165) is 42.1 Å². The van der Waals surface area contributed by atoms with Crippen LogP contribution in [0.5, 0.6) is 0 Å². The number of thioether (sulfide) groups is 1. The Bertz CT molecular complexity index is 1100. The van der Waals surface area contributed by atoms with Gasteiger partial charge < -0.3 is 20.4 Å². The minimum atomic E-state index is -4.03. The van der Waals surface area contributed by atoms with Crippen LogP contribution in [0.1, 0.15) is 51.5 Å². The van der Waals surface area contributed by atoms with Crippen molar-refractivity contribution >= 4 is 41.9 Å². The zero-order chi connectivity index (χ0) is 26.3. The van der Waals surface area contributed by atoms with Gasteiger partial charge in [0.1, 0.15) is 0 Å². The third-order valence-electron chi connectivity index (χ3n) is 6.17. The van der Waals surface area contributed by atoms with Crippen molar-refractivity contribution in [3.05, 3.63) is 48.0 Å². The highest BCUT2D eigenvalue weighted by Gasteiger charge is 2.31. The van der Waals surface area contributed by atoms with Gasteiger partial charge in [0.2, 0.25) is 11.8 Å². The van der Waals surface area contributed by atoms with Crippen LogP contribution in [0, 0.1) is 0 Å². The molecule has 1 aliphatic heterocycles. The number of hydrogen-bond acceptors (Lipinski definition) is 5. The van der Waals surface area contributed by atoms with Crippen molar-refractivity contribution in [2.24, 2.45) is 0 Å². The molecule has 2 aromatic carbocycles. The lowest BCUT2D eigenvalue weighted by Gasteiger charge is -2.35. The number of amides is 2. The molecule has 1 aliphatic rings. The highest BCUT2D eigenvalue weighted by atomic mass is 32.2. The van der Waals surface area contributed by atoms with Gasteiger partial charge in [-0.05, 0) is 56.5 Å². The van der Waals surface area contributed by atoms with Gasteiger partial charge in [-0.15, -0.1) is 11.8 Å². The quantitative estimate of drug-likeness (QED) is 0.271. The lowest BCUT2D eigenvalue weighted by molar-refractivity contribution is -0.128. The molecule has 2 aromatic rings. The lowest BCUT2D eigenvalue weighted by Crippen LogP contribution is -2.52. The molecule has 0 bridgehead atoms. The van der Waals surface area contributed by atoms with Crippen LogP contribution < -0.4 is 10.6 Å². The Kier molecular flexibility index (Phi) is 10.0. The second-order valence-electron chi connectivity index (χ2n) is 10.4. The largest absolute Gasteiger partial charge is 0.354 e. The van der Waals surface area contributed by atoms with Crippen LogP contribution in [0.2, 0.25) is 0 Å². The molecule has 0 aromatic heterocycles. The van der Waals surface area contributed by atoms with Crippen molar-refractivity contribution in [3.63, 3.8) is 0 Å². The minimum Gasteiger partial charge on any atom is -0.354 e. The number of nitrogens with zero attached hydrogens (tertiary/aromatic N) is 1. The molecule has 2 amide bonds. The van der Waals surface area contributed by atoms with Gasteiger partial charge in [0, 0.05) is 24.4 Å². The molecule has 1 fully saturated rings. The van der Waals surface area contributed by atoms with E-state index in [9.17, 15) is 14.2 Å². The first-order valence-electron chi connectivity index (χ1n) is 12.4. The highest BCUT2D eigenvalue weighted by molar-refractivity contribution is 8.04. The lowest BCUT2D eigenvalue weighted by atomic mass is 9.93. The van der Waals surface area contributed by atoms with Crippen LogP contribution in [0.25, 0.3) is 10.8 Å². The summed E-state index contributed by atoms with van der Waals surface area (Å²) < 4.78 is 11.1. The van der Waals surface area contributed by atoms with E-state index < -0.39 is 19.1 Å². The molecule has 1 heterocycles. The molecule has 1 saturated heterocycles. The van der Waals surface area contributed by atoms with E-state index in [1.165, 1.54) is 11.8 Å². The monoisotopic (exact) mass is 535 g/mol. The van der Waals surface area contributed by atoms with Crippen molar-refractivity contribution in [2.45, 2.75) is 57.5 Å². The van der Waals surface area contributed by atoms with Gasteiger partial charge in [-0.25, -0.2) is 0 Å². The van der Waals surface area contributed by atoms with E-state index in [0.29, 0.717) is 12.3 Å². The number of nitrogens with one attached hydrogen (secondary N) is 2. The first-order valence-corrected chi connectivity index (χ1v) is 15.3. The third-order valence-corrected chi connectivity index (χ3v) is 8.72. The van der Waals surface area contributed by atoms with Gasteiger partial charge in [0.05, 0.1) is 17.5 Å². The Labute approximate surface area is 217 Å². The number of likely N-dealkylation sites (tertiary alicyclic amines) is 1. The van der Waals surface area contributed by atoms with Crippen LogP contribution >= 0.6 is 19.4 Å². The van der Waals surface area contributed by atoms with E-state index in [4.69, 9.17) is 9.79 Å². The number of carbonyl (C=O) groups excluding carboxylic acids is 2. The molecule has 2 unspecified atom stereocenters. The Hall–Kier alpha value is -1.90. The maximum atomic E-state index is 13.3. The average molecular weight is 536 g/mol. The fourth-order valence-corrected chi connectivity index (χ4v) is 6.32. The zero-order valence-electron chi connectivity index (χ0n) is 21.3. The average Bonchev–Trinajstić information content (AvgIpc) is 2.80. The Balaban J connectivity index is 1.69. The predicted octanol–water partition coefficient (Wildman–Crippen LogP) is 3.68. The summed E-state index contributed by atoms with van der Waals surface area (Å²) in [5.41, 5.74) is 0.236. The molecule has 0 spiro atoms. The molecular formula is C26H38N3O5PS. The first-order chi connectivity index (χ1) is 16.9. The SMILES string of the molecule is CC(C)(C)NC(=O)C(CNC(=O)C1CCCCN1CCSCP(=O)(O)O)c1ccc2ccccc2c1. The smallest absolute Gasteiger partial charge is 0.335 e. The van der Waals surface area contributed by atoms with Crippen LogP contribution in [0.15, 0.2) is 42.5 Å². The fraction of sp³-hybridized carbons (Fsp3) is 0.538. The molecular weight excluding hydrogens is 497 g/mol. The molecule has 2 atom stereocenters. The Morgan fingerprint density at radius 1 is 1.14 bits per heavy atom. The predicted molar refractivity (Wildman–Crippen MR) is 146 cm³/mol. The third kappa shape index (κ3) is 8.89. The summed E-state index contributed by atoms with van der Waals surface area (Å²) in [5.74, 6) is -0.229. The molecule has 36 heavy (non-hydrogen) atoms. The van der Waals surface area contributed by atoms with Crippen molar-refractivity contribution in [2.75, 3.05) is 30.9 Å². The highest BCUT2D eigenvalue weighted by Crippen LogP contribution is 2.38. The molecule has 0 radical (unpaired) electrons. The molecule has 8 nitrogen and oxygen atoms in total. The van der Waals surface area contributed by atoms with Crippen LogP contribution in [-0.2, 0) is 14.2 Å². The van der Waals surface area contributed by atoms with Crippen LogP contribution in [0.3, 0.4) is 0 Å². The summed E-state index contributed by atoms with van der Waals surface area (Å²) in [6.45, 7) is 7.35. The maximum absolute atomic E-state index is 13.3. The molecule has 0 saturated carbocycles. The molecule has 0 aliphatic carbocycles. The number of piperidine rings is 1. The number of hydrogen-bond donors (Lipinski definition) is 4. The second kappa shape index (κ2) is 12.6. The summed E-state index contributed by atoms with van der Waals surface area (Å²) in [7, 11) is -4.03. The summed E-state index contributed by atoms with van der Waals surface area (Å²) >= 11 is 1.20. The van der Waals surface area contributed by atoms with Crippen molar-refractivity contribution < 1.29 is 23.9 Å². The molecule has 3 rings (SSSR count). The van der Waals surface area contributed by atoms with Gasteiger partial charge in [-0.2, -0.15) is 0 Å². The van der Waals surface area contributed by atoms with Crippen LogP contribution in [-0.4, -0.2) is 69.0 Å². The number of carbonyl (C=O) groups is 2. The molecule has 4 N–H and O–H groups in total. The van der Waals surface area contributed by atoms with E-state index in [1.807, 2.05) is 63.2 Å². The van der Waals surface area contributed by atoms with Gasteiger partial charge in [-0.1, -0.05) is 48.9 Å². The standard InChI is InChI=1S/C26H38N3O5PS/c1-26(2,3)28-24(30)22(21-12-11-19-8-4-5-9-20(19)16-21)17-27-25(31)23-10-6-7-13-29(23)14-15-36-18-35(32,33)34/h4-5,8-9,11-12,16,22-23H,6-7,10,13-15,17-18H2,1-3H3,(H,27,31)(H,28,30)(H2,32,33,34). The van der Waals surface area contributed by atoms with Crippen molar-refractivity contribution in [3.8, 4) is 0 Å². The molecule has 10 heteroatoms. The topological polar surface area (TPSA) is 119 Å². The van der Waals surface area contributed by atoms with Gasteiger partial charge in [0.25, 0.3) is 0 Å². The number of fused-ring (bicyclic) bond motifs is 1. The van der Waals surface area contributed by atoms with Crippen molar-refractivity contribution in [1.29, 1.82) is 0 Å². The maximum Gasteiger partial charge on any atom is 0.335 e. The Morgan fingerprint density at radius 3 is 2.56 bits per heavy atom. The van der Waals surface area contributed by atoms with Gasteiger partial charge >= 0.3 is 7.60 Å². The second-order valence-corrected chi connectivity index (χ2v) is 13.6. The first kappa shape index (κ1) is 28.7. The fourth-order valence-electron chi connectivity index (χ4n) is 4.48. The van der Waals surface area contributed by atoms with E-state index in [-0.39, 0.29) is 29.9 Å². The van der Waals surface area contributed by atoms with Crippen molar-refractivity contribution in [1.82, 2.24) is 15.5 Å². The van der Waals surface area contributed by atoms with Gasteiger partial charge in [-0.3, -0.25) is 19.1 Å². The summed E-state index contributed by atoms with van der Waals surface area (Å²) in [6.07, 6.45) is 2.66. The number of benzene rings is 2.